The van der Waals surface area contributed by atoms with Crippen molar-refractivity contribution in [3.63, 3.8) is 0 Å². The summed E-state index contributed by atoms with van der Waals surface area (Å²) in [7, 11) is -1.05. The van der Waals surface area contributed by atoms with E-state index in [-0.39, 0.29) is 0 Å². The molecule has 0 amide bonds. The van der Waals surface area contributed by atoms with E-state index in [1.165, 1.54) is 6.26 Å². The molecule has 0 atom stereocenters. The lowest BCUT2D eigenvalue weighted by Crippen LogP contribution is -2.44. The molecule has 0 aliphatic carbocycles. The molecule has 1 aliphatic heterocycles. The Hall–Kier alpha value is -0.920. The quantitative estimate of drug-likeness (QED) is 0.833. The first-order valence-electron chi connectivity index (χ1n) is 6.10. The minimum Gasteiger partial charge on any atom is -0.337 e. The van der Waals surface area contributed by atoms with Crippen molar-refractivity contribution in [2.75, 3.05) is 19.3 Å². The van der Waals surface area contributed by atoms with E-state index in [0.717, 1.165) is 25.1 Å². The van der Waals surface area contributed by atoms with E-state index in [1.54, 1.807) is 10.6 Å². The van der Waals surface area contributed by atoms with Gasteiger partial charge in [0.25, 0.3) is 0 Å². The Balaban J connectivity index is 1.79. The van der Waals surface area contributed by atoms with Gasteiger partial charge in [-0.3, -0.25) is 0 Å². The van der Waals surface area contributed by atoms with Gasteiger partial charge in [-0.05, 0) is 12.8 Å². The summed E-state index contributed by atoms with van der Waals surface area (Å²) in [6.45, 7) is 2.00. The van der Waals surface area contributed by atoms with Crippen molar-refractivity contribution < 1.29 is 8.42 Å². The van der Waals surface area contributed by atoms with Crippen molar-refractivity contribution in [2.45, 2.75) is 25.4 Å². The fourth-order valence-electron chi connectivity index (χ4n) is 2.20. The van der Waals surface area contributed by atoms with Crippen LogP contribution < -0.4 is 5.32 Å². The number of imidazole rings is 1. The third kappa shape index (κ3) is 3.30. The van der Waals surface area contributed by atoms with E-state index in [1.807, 2.05) is 17.8 Å². The molecule has 0 saturated carbocycles. The van der Waals surface area contributed by atoms with Crippen LogP contribution in [-0.4, -0.2) is 47.7 Å². The topological polar surface area (TPSA) is 67.2 Å². The Morgan fingerprint density at radius 3 is 2.61 bits per heavy atom. The largest absolute Gasteiger partial charge is 0.337 e. The fourth-order valence-corrected chi connectivity index (χ4v) is 3.07. The number of hydrogen-bond acceptors (Lipinski definition) is 4. The molecule has 0 unspecified atom stereocenters. The monoisotopic (exact) mass is 272 g/mol. The summed E-state index contributed by atoms with van der Waals surface area (Å²) in [5, 5.41) is 3.45. The number of hydrogen-bond donors (Lipinski definition) is 1. The predicted octanol–water partition coefficient (Wildman–Crippen LogP) is -0.0663. The predicted molar refractivity (Wildman–Crippen MR) is 69.5 cm³/mol. The fraction of sp³-hybridized carbons (Fsp3) is 0.727. The molecule has 1 aliphatic rings. The summed E-state index contributed by atoms with van der Waals surface area (Å²) in [6.07, 6.45) is 6.63. The van der Waals surface area contributed by atoms with Crippen LogP contribution in [0.5, 0.6) is 0 Å². The molecular formula is C11H20N4O2S. The van der Waals surface area contributed by atoms with E-state index in [2.05, 4.69) is 10.3 Å². The number of rotatable bonds is 4. The highest BCUT2D eigenvalue weighted by molar-refractivity contribution is 7.88. The van der Waals surface area contributed by atoms with Crippen molar-refractivity contribution in [1.29, 1.82) is 0 Å². The van der Waals surface area contributed by atoms with Crippen LogP contribution >= 0.6 is 0 Å². The maximum atomic E-state index is 11.4. The summed E-state index contributed by atoms with van der Waals surface area (Å²) in [6, 6.07) is 0.387. The highest BCUT2D eigenvalue weighted by Gasteiger charge is 2.24. The molecule has 7 heteroatoms. The van der Waals surface area contributed by atoms with Crippen LogP contribution in [0, 0.1) is 0 Å². The highest BCUT2D eigenvalue weighted by atomic mass is 32.2. The number of sulfonamides is 1. The molecule has 1 aromatic heterocycles. The van der Waals surface area contributed by atoms with Gasteiger partial charge >= 0.3 is 0 Å². The average molecular weight is 272 g/mol. The second-order valence-electron chi connectivity index (χ2n) is 4.81. The van der Waals surface area contributed by atoms with Gasteiger partial charge in [0.15, 0.2) is 0 Å². The molecule has 0 bridgehead atoms. The van der Waals surface area contributed by atoms with Crippen LogP contribution in [0.25, 0.3) is 0 Å². The van der Waals surface area contributed by atoms with Crippen molar-refractivity contribution in [2.24, 2.45) is 7.05 Å². The van der Waals surface area contributed by atoms with Crippen LogP contribution in [0.4, 0.5) is 0 Å². The van der Waals surface area contributed by atoms with E-state index >= 15 is 0 Å². The molecule has 0 spiro atoms. The minimum atomic E-state index is -3.02. The molecule has 0 aromatic carbocycles. The van der Waals surface area contributed by atoms with Gasteiger partial charge in [0, 0.05) is 38.9 Å². The first kappa shape index (κ1) is 13.5. The van der Waals surface area contributed by atoms with Gasteiger partial charge < -0.3 is 9.88 Å². The molecule has 1 N–H and O–H groups in total. The summed E-state index contributed by atoms with van der Waals surface area (Å²) >= 11 is 0. The smallest absolute Gasteiger partial charge is 0.211 e. The molecule has 6 nitrogen and oxygen atoms in total. The lowest BCUT2D eigenvalue weighted by molar-refractivity contribution is 0.289. The SMILES string of the molecule is Cn1cncc1CNC1CCN(S(C)(=O)=O)CC1. The number of aryl methyl sites for hydroxylation is 1. The van der Waals surface area contributed by atoms with E-state index < -0.39 is 10.0 Å². The zero-order chi connectivity index (χ0) is 13.2. The lowest BCUT2D eigenvalue weighted by atomic mass is 10.1. The average Bonchev–Trinajstić information content (AvgIpc) is 2.72. The van der Waals surface area contributed by atoms with Gasteiger partial charge in [0.2, 0.25) is 10.0 Å². The van der Waals surface area contributed by atoms with E-state index in [9.17, 15) is 8.42 Å². The molecular weight excluding hydrogens is 252 g/mol. The Morgan fingerprint density at radius 1 is 1.44 bits per heavy atom. The van der Waals surface area contributed by atoms with Crippen molar-refractivity contribution in [3.8, 4) is 0 Å². The normalized spacial score (nSPS) is 19.2. The van der Waals surface area contributed by atoms with Crippen molar-refractivity contribution in [1.82, 2.24) is 19.2 Å². The zero-order valence-electron chi connectivity index (χ0n) is 10.8. The Kier molecular flexibility index (Phi) is 4.04. The number of aromatic nitrogens is 2. The Bertz CT molecular complexity index is 489. The molecule has 2 heterocycles. The van der Waals surface area contributed by atoms with Crippen LogP contribution in [0.15, 0.2) is 12.5 Å². The van der Waals surface area contributed by atoms with Gasteiger partial charge in [-0.15, -0.1) is 0 Å². The Labute approximate surface area is 108 Å². The second kappa shape index (κ2) is 5.38. The summed E-state index contributed by atoms with van der Waals surface area (Å²) < 4.78 is 26.3. The third-order valence-corrected chi connectivity index (χ3v) is 4.71. The third-order valence-electron chi connectivity index (χ3n) is 3.41. The van der Waals surface area contributed by atoms with Gasteiger partial charge in [0.05, 0.1) is 18.3 Å². The lowest BCUT2D eigenvalue weighted by Gasteiger charge is -2.30. The highest BCUT2D eigenvalue weighted by Crippen LogP contribution is 2.13. The van der Waals surface area contributed by atoms with Gasteiger partial charge in [-0.1, -0.05) is 0 Å². The van der Waals surface area contributed by atoms with Crippen LogP contribution in [-0.2, 0) is 23.6 Å². The molecule has 2 rings (SSSR count). The van der Waals surface area contributed by atoms with Crippen LogP contribution in [0.2, 0.25) is 0 Å². The first-order chi connectivity index (χ1) is 8.47. The van der Waals surface area contributed by atoms with Gasteiger partial charge in [-0.2, -0.15) is 0 Å². The zero-order valence-corrected chi connectivity index (χ0v) is 11.7. The molecule has 0 radical (unpaired) electrons. The maximum absolute atomic E-state index is 11.4. The van der Waals surface area contributed by atoms with Crippen LogP contribution in [0.1, 0.15) is 18.5 Å². The molecule has 102 valence electrons. The molecule has 1 saturated heterocycles. The van der Waals surface area contributed by atoms with Crippen LogP contribution in [0.3, 0.4) is 0 Å². The molecule has 1 aromatic rings. The van der Waals surface area contributed by atoms with Gasteiger partial charge in [0.1, 0.15) is 0 Å². The number of nitrogens with one attached hydrogen (secondary N) is 1. The van der Waals surface area contributed by atoms with Crippen molar-refractivity contribution >= 4 is 10.0 Å². The number of nitrogens with zero attached hydrogens (tertiary/aromatic N) is 3. The number of piperidine rings is 1. The molecule has 18 heavy (non-hydrogen) atoms. The standard InChI is InChI=1S/C11H20N4O2S/c1-14-9-12-7-11(14)8-13-10-3-5-15(6-4-10)18(2,16)17/h7,9-10,13H,3-6,8H2,1-2H3. The first-order valence-corrected chi connectivity index (χ1v) is 7.95. The summed E-state index contributed by atoms with van der Waals surface area (Å²) in [5.74, 6) is 0. The summed E-state index contributed by atoms with van der Waals surface area (Å²) in [5.41, 5.74) is 1.14. The van der Waals surface area contributed by atoms with Crippen molar-refractivity contribution in [3.05, 3.63) is 18.2 Å². The maximum Gasteiger partial charge on any atom is 0.211 e. The van der Waals surface area contributed by atoms with E-state index in [4.69, 9.17) is 0 Å². The summed E-state index contributed by atoms with van der Waals surface area (Å²) in [4.78, 5) is 4.07. The minimum absolute atomic E-state index is 0.387. The Morgan fingerprint density at radius 2 is 2.11 bits per heavy atom. The van der Waals surface area contributed by atoms with E-state index in [0.29, 0.717) is 19.1 Å². The molecule has 1 fully saturated rings. The van der Waals surface area contributed by atoms with Gasteiger partial charge in [-0.25, -0.2) is 17.7 Å². The second-order valence-corrected chi connectivity index (χ2v) is 6.80.